The van der Waals surface area contributed by atoms with Gasteiger partial charge in [-0.15, -0.1) is 0 Å². The van der Waals surface area contributed by atoms with Crippen LogP contribution in [0.3, 0.4) is 0 Å². The van der Waals surface area contributed by atoms with Gasteiger partial charge in [0.2, 0.25) is 0 Å². The maximum atomic E-state index is 8.74. The van der Waals surface area contributed by atoms with Crippen LogP contribution in [0.4, 0.5) is 0 Å². The van der Waals surface area contributed by atoms with Crippen LogP contribution in [0.5, 0.6) is 0 Å². The molecule has 0 spiro atoms. The first kappa shape index (κ1) is 11.1. The molecule has 0 aliphatic carbocycles. The predicted octanol–water partition coefficient (Wildman–Crippen LogP) is -1.54. The van der Waals surface area contributed by atoms with E-state index >= 15 is 0 Å². The minimum atomic E-state index is -4.67. The molecule has 0 aliphatic rings. The molecular formula is H3O6SSb. The predicted molar refractivity (Wildman–Crippen MR) is 22.7 cm³/mol. The van der Waals surface area contributed by atoms with Crippen molar-refractivity contribution in [3.05, 3.63) is 0 Å². The number of hydrogen-bond donors (Lipinski definition) is 2. The van der Waals surface area contributed by atoms with Crippen molar-refractivity contribution in [1.82, 2.24) is 0 Å². The Hall–Kier alpha value is 0.288. The summed E-state index contributed by atoms with van der Waals surface area (Å²) < 4.78 is 48.7. The van der Waals surface area contributed by atoms with Gasteiger partial charge in [0.25, 0.3) is 0 Å². The third-order valence-corrected chi connectivity index (χ3v) is 0. The zero-order chi connectivity index (χ0) is 7.21. The number of rotatable bonds is 0. The summed E-state index contributed by atoms with van der Waals surface area (Å²) in [6, 6.07) is 0. The Labute approximate surface area is 55.8 Å². The van der Waals surface area contributed by atoms with E-state index in [0.29, 0.717) is 0 Å². The van der Waals surface area contributed by atoms with Crippen LogP contribution < -0.4 is 0 Å². The van der Waals surface area contributed by atoms with E-state index in [1.54, 1.807) is 0 Å². The topological polar surface area (TPSA) is 109 Å². The Morgan fingerprint density at radius 1 is 1.12 bits per heavy atom. The van der Waals surface area contributed by atoms with Gasteiger partial charge in [-0.25, -0.2) is 0 Å². The molecule has 0 amide bonds. The zero-order valence-corrected chi connectivity index (χ0v) is 7.11. The van der Waals surface area contributed by atoms with Gasteiger partial charge in [-0.05, 0) is 0 Å². The summed E-state index contributed by atoms with van der Waals surface area (Å²) in [7, 11) is -4.67. The van der Waals surface area contributed by atoms with Crippen molar-refractivity contribution in [2.24, 2.45) is 0 Å². The summed E-state index contributed by atoms with van der Waals surface area (Å²) in [5.41, 5.74) is 0. The molecule has 0 fully saturated rings. The first-order chi connectivity index (χ1) is 3.41. The van der Waals surface area contributed by atoms with Gasteiger partial charge in [0.05, 0.1) is 0 Å². The van der Waals surface area contributed by atoms with E-state index in [9.17, 15) is 0 Å². The molecule has 0 aromatic carbocycles. The van der Waals surface area contributed by atoms with Crippen LogP contribution in [0, 0.1) is 0 Å². The van der Waals surface area contributed by atoms with Gasteiger partial charge in [-0.2, -0.15) is 8.42 Å². The van der Waals surface area contributed by atoms with Gasteiger partial charge >= 0.3 is 38.0 Å². The van der Waals surface area contributed by atoms with Crippen LogP contribution >= 0.6 is 0 Å². The molecule has 0 saturated carbocycles. The summed E-state index contributed by atoms with van der Waals surface area (Å²) in [4.78, 5) is 0. The van der Waals surface area contributed by atoms with Gasteiger partial charge in [0.1, 0.15) is 0 Å². The molecule has 0 bridgehead atoms. The third-order valence-electron chi connectivity index (χ3n) is 0. The molecule has 8 heteroatoms. The van der Waals surface area contributed by atoms with Gasteiger partial charge in [0.15, 0.2) is 0 Å². The molecule has 0 radical (unpaired) electrons. The van der Waals surface area contributed by atoms with Crippen LogP contribution in [-0.4, -0.2) is 39.1 Å². The molecule has 0 unspecified atom stereocenters. The Kier molecular flexibility index (Phi) is 7.55. The molecular weight excluding hydrogens is 250 g/mol. The summed E-state index contributed by atoms with van der Waals surface area (Å²) in [6.45, 7) is 0. The van der Waals surface area contributed by atoms with E-state index in [-0.39, 0.29) is 0 Å². The molecule has 6 nitrogen and oxygen atoms in total. The van der Waals surface area contributed by atoms with E-state index in [1.165, 1.54) is 0 Å². The monoisotopic (exact) mass is 252 g/mol. The van der Waals surface area contributed by atoms with Crippen molar-refractivity contribution < 1.29 is 23.6 Å². The van der Waals surface area contributed by atoms with Gasteiger partial charge < -0.3 is 0 Å². The first-order valence-electron chi connectivity index (χ1n) is 1.11. The zero-order valence-electron chi connectivity index (χ0n) is 3.44. The van der Waals surface area contributed by atoms with Crippen LogP contribution in [0.15, 0.2) is 0 Å². The molecule has 50 valence electrons. The summed E-state index contributed by atoms with van der Waals surface area (Å²) in [5.74, 6) is 0. The summed E-state index contributed by atoms with van der Waals surface area (Å²) >= 11 is -2.27. The number of hydrogen-bond acceptors (Lipinski definition) is 4. The maximum absolute atomic E-state index is 8.74. The van der Waals surface area contributed by atoms with Crippen molar-refractivity contribution in [3.8, 4) is 0 Å². The van der Waals surface area contributed by atoms with Crippen LogP contribution in [0.25, 0.3) is 0 Å². The second-order valence-corrected chi connectivity index (χ2v) is 1.90. The summed E-state index contributed by atoms with van der Waals surface area (Å²) in [6.07, 6.45) is 0. The van der Waals surface area contributed by atoms with E-state index in [1.807, 2.05) is 0 Å². The van der Waals surface area contributed by atoms with Crippen molar-refractivity contribution in [2.75, 3.05) is 0 Å². The second kappa shape index (κ2) is 5.43. The normalized spacial score (nSPS) is 8.75. The Bertz CT molecular complexity index is 149. The van der Waals surface area contributed by atoms with Gasteiger partial charge in [-0.3, -0.25) is 9.11 Å². The molecule has 0 heterocycles. The summed E-state index contributed by atoms with van der Waals surface area (Å²) in [5, 5.41) is 0. The fraction of sp³-hybridized carbons (Fsp3) is 0. The van der Waals surface area contributed by atoms with Gasteiger partial charge in [-0.1, -0.05) is 0 Å². The quantitative estimate of drug-likeness (QED) is 0.400. The molecule has 2 N–H and O–H groups in total. The molecule has 0 rings (SSSR count). The van der Waals surface area contributed by atoms with E-state index in [0.717, 1.165) is 0 Å². The Morgan fingerprint density at radius 2 is 1.12 bits per heavy atom. The van der Waals surface area contributed by atoms with Crippen LogP contribution in [-0.2, 0) is 16.4 Å². The van der Waals surface area contributed by atoms with Crippen molar-refractivity contribution in [3.63, 3.8) is 0 Å². The fourth-order valence-electron chi connectivity index (χ4n) is 0. The molecule has 8 heavy (non-hydrogen) atoms. The van der Waals surface area contributed by atoms with Crippen LogP contribution in [0.1, 0.15) is 0 Å². The van der Waals surface area contributed by atoms with E-state index in [4.69, 9.17) is 23.6 Å². The standard InChI is InChI=1S/H2O4S.2O.Sb.H/c1-5(2,3)4;;;;/h(H2,1,2,3,4);;;;. The first-order valence-corrected chi connectivity index (χ1v) is 4.83. The molecule has 0 aliphatic heterocycles. The minimum absolute atomic E-state index is 2.27. The van der Waals surface area contributed by atoms with Crippen molar-refractivity contribution in [1.29, 1.82) is 0 Å². The second-order valence-electron chi connectivity index (χ2n) is 0.531. The Balaban J connectivity index is 0. The molecule has 0 aromatic heterocycles. The van der Waals surface area contributed by atoms with E-state index in [2.05, 4.69) is 0 Å². The van der Waals surface area contributed by atoms with Crippen LogP contribution in [0.2, 0.25) is 0 Å². The van der Waals surface area contributed by atoms with Crippen molar-refractivity contribution in [2.45, 2.75) is 0 Å². The molecule has 0 aromatic rings. The molecule has 0 atom stereocenters. The van der Waals surface area contributed by atoms with E-state index < -0.39 is 32.0 Å². The average Bonchev–Trinajstić information content (AvgIpc) is 1.27. The van der Waals surface area contributed by atoms with Gasteiger partial charge in [0, 0.05) is 0 Å². The Morgan fingerprint density at radius 3 is 1.12 bits per heavy atom. The third kappa shape index (κ3) is 2120. The average molecular weight is 253 g/mol. The molecule has 0 saturated heterocycles. The fourth-order valence-corrected chi connectivity index (χ4v) is 0. The van der Waals surface area contributed by atoms with Crippen molar-refractivity contribution >= 4 is 32.0 Å². The SMILES string of the molecule is O=S(=O)(O)O.[O]=[SbH]=[O].